The van der Waals surface area contributed by atoms with Crippen molar-refractivity contribution in [2.45, 2.75) is 43.5 Å². The molecule has 23 heavy (non-hydrogen) atoms. The zero-order chi connectivity index (χ0) is 16.7. The molecule has 7 heteroatoms. The number of carbonyl (C=O) groups is 1. The fourth-order valence-corrected chi connectivity index (χ4v) is 3.33. The normalized spacial score (nSPS) is 24.2. The molecule has 0 amide bonds. The van der Waals surface area contributed by atoms with E-state index in [1.807, 2.05) is 4.90 Å². The van der Waals surface area contributed by atoms with E-state index in [0.717, 1.165) is 18.6 Å². The third kappa shape index (κ3) is 3.02. The second kappa shape index (κ2) is 5.70. The van der Waals surface area contributed by atoms with Gasteiger partial charge in [0.05, 0.1) is 5.56 Å². The van der Waals surface area contributed by atoms with Crippen molar-refractivity contribution in [3.8, 4) is 5.75 Å². The van der Waals surface area contributed by atoms with Crippen LogP contribution in [0, 0.1) is 0 Å². The van der Waals surface area contributed by atoms with Crippen molar-refractivity contribution in [2.24, 2.45) is 0 Å². The Balaban J connectivity index is 1.66. The zero-order valence-corrected chi connectivity index (χ0v) is 12.5. The average Bonchev–Trinajstić information content (AvgIpc) is 2.85. The van der Waals surface area contributed by atoms with Gasteiger partial charge >= 0.3 is 12.1 Å². The Bertz CT molecular complexity index is 598. The molecular formula is C16H18F3NO3. The molecule has 0 spiro atoms. The van der Waals surface area contributed by atoms with E-state index in [2.05, 4.69) is 0 Å². The molecule has 1 aromatic carbocycles. The molecule has 1 aliphatic carbocycles. The fraction of sp³-hybridized carbons (Fsp3) is 0.562. The lowest BCUT2D eigenvalue weighted by Crippen LogP contribution is -2.58. The molecule has 0 unspecified atom stereocenters. The topological polar surface area (TPSA) is 49.8 Å². The first-order chi connectivity index (χ1) is 10.8. The van der Waals surface area contributed by atoms with Gasteiger partial charge in [-0.25, -0.2) is 0 Å². The van der Waals surface area contributed by atoms with Gasteiger partial charge in [0.1, 0.15) is 17.4 Å². The van der Waals surface area contributed by atoms with Crippen molar-refractivity contribution in [3.63, 3.8) is 0 Å². The Hall–Kier alpha value is -1.76. The van der Waals surface area contributed by atoms with E-state index >= 15 is 0 Å². The van der Waals surface area contributed by atoms with Crippen LogP contribution in [-0.4, -0.2) is 40.7 Å². The molecule has 0 aromatic heterocycles. The monoisotopic (exact) mass is 329 g/mol. The number of carboxylic acid groups (broad SMARTS) is 1. The number of halogens is 3. The van der Waals surface area contributed by atoms with Crippen molar-refractivity contribution in [1.29, 1.82) is 0 Å². The van der Waals surface area contributed by atoms with Gasteiger partial charge in [-0.2, -0.15) is 13.2 Å². The van der Waals surface area contributed by atoms with Gasteiger partial charge in [0, 0.05) is 13.1 Å². The van der Waals surface area contributed by atoms with E-state index in [0.29, 0.717) is 32.4 Å². The van der Waals surface area contributed by atoms with Crippen molar-refractivity contribution < 1.29 is 27.8 Å². The van der Waals surface area contributed by atoms with Gasteiger partial charge in [0.15, 0.2) is 0 Å². The number of hydrogen-bond acceptors (Lipinski definition) is 3. The molecule has 1 saturated heterocycles. The van der Waals surface area contributed by atoms with Gasteiger partial charge in [-0.05, 0) is 43.9 Å². The molecule has 1 saturated carbocycles. The van der Waals surface area contributed by atoms with E-state index < -0.39 is 23.2 Å². The number of aliphatic carboxylic acids is 1. The van der Waals surface area contributed by atoms with Crippen molar-refractivity contribution in [3.05, 3.63) is 29.8 Å². The maximum absolute atomic E-state index is 12.7. The smallest absolute Gasteiger partial charge is 0.416 e. The zero-order valence-electron chi connectivity index (χ0n) is 12.5. The third-order valence-corrected chi connectivity index (χ3v) is 4.79. The number of carboxylic acids is 1. The Morgan fingerprint density at radius 3 is 2.65 bits per heavy atom. The lowest BCUT2D eigenvalue weighted by atomic mass is 9.75. The minimum Gasteiger partial charge on any atom is -0.489 e. The molecule has 1 aliphatic heterocycles. The minimum atomic E-state index is -4.40. The van der Waals surface area contributed by atoms with Crippen LogP contribution in [0.5, 0.6) is 5.75 Å². The highest BCUT2D eigenvalue weighted by atomic mass is 19.4. The summed E-state index contributed by atoms with van der Waals surface area (Å²) in [5, 5.41) is 9.44. The van der Waals surface area contributed by atoms with Crippen LogP contribution in [-0.2, 0) is 11.0 Å². The number of ether oxygens (including phenoxy) is 1. The number of nitrogens with zero attached hydrogens (tertiary/aromatic N) is 1. The number of rotatable bonds is 4. The first kappa shape index (κ1) is 16.1. The maximum Gasteiger partial charge on any atom is 0.416 e. The van der Waals surface area contributed by atoms with Crippen LogP contribution in [0.1, 0.15) is 31.2 Å². The predicted molar refractivity (Wildman–Crippen MR) is 76.3 cm³/mol. The van der Waals surface area contributed by atoms with Crippen molar-refractivity contribution >= 4 is 5.97 Å². The van der Waals surface area contributed by atoms with E-state index in [9.17, 15) is 23.1 Å². The Morgan fingerprint density at radius 2 is 2.09 bits per heavy atom. The van der Waals surface area contributed by atoms with Gasteiger partial charge in [-0.15, -0.1) is 0 Å². The number of likely N-dealkylation sites (tertiary alicyclic amines) is 1. The van der Waals surface area contributed by atoms with E-state index in [4.69, 9.17) is 4.74 Å². The molecule has 0 bridgehead atoms. The standard InChI is InChI=1S/C16H18F3NO3/c17-16(18,19)11-3-1-4-12(9-11)23-13-5-8-20(10-13)15(14(21)22)6-2-7-15/h1,3-4,9,13H,2,5-8,10H2,(H,21,22)/t13-/m1/s1. The summed E-state index contributed by atoms with van der Waals surface area (Å²) in [6, 6.07) is 4.80. The van der Waals surface area contributed by atoms with Gasteiger partial charge < -0.3 is 9.84 Å². The molecule has 2 fully saturated rings. The largest absolute Gasteiger partial charge is 0.489 e. The Kier molecular flexibility index (Phi) is 4.00. The van der Waals surface area contributed by atoms with E-state index in [1.165, 1.54) is 12.1 Å². The van der Waals surface area contributed by atoms with Gasteiger partial charge in [0.25, 0.3) is 0 Å². The summed E-state index contributed by atoms with van der Waals surface area (Å²) < 4.78 is 43.8. The second-order valence-electron chi connectivity index (χ2n) is 6.19. The average molecular weight is 329 g/mol. The summed E-state index contributed by atoms with van der Waals surface area (Å²) in [5.74, 6) is -0.645. The summed E-state index contributed by atoms with van der Waals surface area (Å²) in [5.41, 5.74) is -1.54. The van der Waals surface area contributed by atoms with Crippen molar-refractivity contribution in [1.82, 2.24) is 4.90 Å². The molecule has 126 valence electrons. The molecule has 2 aliphatic rings. The minimum absolute atomic E-state index is 0.171. The van der Waals surface area contributed by atoms with Gasteiger partial charge in [-0.1, -0.05) is 6.07 Å². The molecule has 0 radical (unpaired) electrons. The summed E-state index contributed by atoms with van der Waals surface area (Å²) in [7, 11) is 0. The lowest BCUT2D eigenvalue weighted by Gasteiger charge is -2.44. The van der Waals surface area contributed by atoms with Crippen LogP contribution >= 0.6 is 0 Å². The lowest BCUT2D eigenvalue weighted by molar-refractivity contribution is -0.157. The van der Waals surface area contributed by atoms with Gasteiger partial charge in [0.2, 0.25) is 0 Å². The number of benzene rings is 1. The van der Waals surface area contributed by atoms with E-state index in [-0.39, 0.29) is 11.9 Å². The highest BCUT2D eigenvalue weighted by Crippen LogP contribution is 2.40. The molecule has 1 atom stereocenters. The van der Waals surface area contributed by atoms with Crippen LogP contribution in [0.3, 0.4) is 0 Å². The van der Waals surface area contributed by atoms with Crippen LogP contribution in [0.25, 0.3) is 0 Å². The molecule has 1 aromatic rings. The molecular weight excluding hydrogens is 311 g/mol. The number of hydrogen-bond donors (Lipinski definition) is 1. The van der Waals surface area contributed by atoms with Crippen LogP contribution in [0.4, 0.5) is 13.2 Å². The summed E-state index contributed by atoms with van der Waals surface area (Å²) in [6.45, 7) is 1.03. The maximum atomic E-state index is 12.7. The summed E-state index contributed by atoms with van der Waals surface area (Å²) in [4.78, 5) is 13.4. The van der Waals surface area contributed by atoms with Crippen LogP contribution in [0.15, 0.2) is 24.3 Å². The molecule has 1 N–H and O–H groups in total. The summed E-state index contributed by atoms with van der Waals surface area (Å²) >= 11 is 0. The highest BCUT2D eigenvalue weighted by Gasteiger charge is 2.51. The first-order valence-electron chi connectivity index (χ1n) is 7.64. The Labute approximate surface area is 131 Å². The van der Waals surface area contributed by atoms with Crippen LogP contribution in [0.2, 0.25) is 0 Å². The van der Waals surface area contributed by atoms with Crippen LogP contribution < -0.4 is 4.74 Å². The second-order valence-corrected chi connectivity index (χ2v) is 6.19. The van der Waals surface area contributed by atoms with E-state index in [1.54, 1.807) is 0 Å². The Morgan fingerprint density at radius 1 is 1.35 bits per heavy atom. The third-order valence-electron chi connectivity index (χ3n) is 4.79. The summed E-state index contributed by atoms with van der Waals surface area (Å²) in [6.07, 6.45) is -1.93. The quantitative estimate of drug-likeness (QED) is 0.922. The SMILES string of the molecule is O=C(O)C1(N2CC[C@@H](Oc3cccc(C(F)(F)F)c3)C2)CCC1. The highest BCUT2D eigenvalue weighted by molar-refractivity contribution is 5.80. The van der Waals surface area contributed by atoms with Gasteiger partial charge in [-0.3, -0.25) is 9.69 Å². The first-order valence-corrected chi connectivity index (χ1v) is 7.64. The molecule has 3 rings (SSSR count). The fourth-order valence-electron chi connectivity index (χ4n) is 3.33. The predicted octanol–water partition coefficient (Wildman–Crippen LogP) is 3.17. The van der Waals surface area contributed by atoms with Crippen molar-refractivity contribution in [2.75, 3.05) is 13.1 Å². The number of alkyl halides is 3. The molecule has 4 nitrogen and oxygen atoms in total. The molecule has 1 heterocycles.